The highest BCUT2D eigenvalue weighted by atomic mass is 35.5. The van der Waals surface area contributed by atoms with Gasteiger partial charge in [-0.05, 0) is 19.1 Å². The Balaban J connectivity index is 2.41. The summed E-state index contributed by atoms with van der Waals surface area (Å²) in [6.07, 6.45) is 0. The molecule has 21 heavy (non-hydrogen) atoms. The zero-order valence-corrected chi connectivity index (χ0v) is 13.3. The Morgan fingerprint density at radius 3 is 2.71 bits per heavy atom. The molecule has 0 aliphatic heterocycles. The molecule has 0 aliphatic carbocycles. The lowest BCUT2D eigenvalue weighted by Crippen LogP contribution is -2.39. The van der Waals surface area contributed by atoms with E-state index in [0.717, 1.165) is 4.70 Å². The van der Waals surface area contributed by atoms with Crippen LogP contribution in [0.3, 0.4) is 0 Å². The van der Waals surface area contributed by atoms with Crippen LogP contribution in [0.2, 0.25) is 5.02 Å². The number of benzene rings is 1. The minimum absolute atomic E-state index is 0.00719. The van der Waals surface area contributed by atoms with E-state index in [1.165, 1.54) is 23.3 Å². The van der Waals surface area contributed by atoms with Crippen LogP contribution in [0.1, 0.15) is 16.6 Å². The van der Waals surface area contributed by atoms with Gasteiger partial charge in [-0.15, -0.1) is 11.3 Å². The van der Waals surface area contributed by atoms with Crippen LogP contribution in [0.4, 0.5) is 5.69 Å². The molecule has 0 saturated heterocycles. The number of nitrogens with one attached hydrogen (secondary N) is 1. The van der Waals surface area contributed by atoms with E-state index in [1.54, 1.807) is 6.07 Å². The van der Waals surface area contributed by atoms with Crippen LogP contribution in [0.25, 0.3) is 10.1 Å². The third kappa shape index (κ3) is 2.96. The Morgan fingerprint density at radius 1 is 1.43 bits per heavy atom. The molecular formula is C14H16ClN3O2S. The van der Waals surface area contributed by atoms with E-state index >= 15 is 0 Å². The Kier molecular flexibility index (Phi) is 4.69. The first-order valence-electron chi connectivity index (χ1n) is 6.45. The summed E-state index contributed by atoms with van der Waals surface area (Å²) in [5, 5.41) is 3.73. The molecule has 5 nitrogen and oxygen atoms in total. The van der Waals surface area contributed by atoms with Crippen LogP contribution in [0.5, 0.6) is 0 Å². The standard InChI is InChI=1S/C14H16ClN3O2S/c1-3-18(7-10(19)17-2)14(20)13-12(16)11-8(15)5-4-6-9(11)21-13/h4-6H,3,7,16H2,1-2H3,(H,17,19). The van der Waals surface area contributed by atoms with Gasteiger partial charge in [-0.3, -0.25) is 9.59 Å². The molecule has 0 fully saturated rings. The lowest BCUT2D eigenvalue weighted by molar-refractivity contribution is -0.121. The maximum absolute atomic E-state index is 12.6. The predicted molar refractivity (Wildman–Crippen MR) is 86.9 cm³/mol. The molecule has 2 rings (SSSR count). The van der Waals surface area contributed by atoms with Gasteiger partial charge in [0.25, 0.3) is 5.91 Å². The smallest absolute Gasteiger partial charge is 0.266 e. The zero-order valence-electron chi connectivity index (χ0n) is 11.8. The minimum atomic E-state index is -0.254. The van der Waals surface area contributed by atoms with Crippen molar-refractivity contribution in [3.8, 4) is 0 Å². The van der Waals surface area contributed by atoms with Gasteiger partial charge >= 0.3 is 0 Å². The lowest BCUT2D eigenvalue weighted by atomic mass is 10.2. The summed E-state index contributed by atoms with van der Waals surface area (Å²) < 4.78 is 0.861. The second kappa shape index (κ2) is 6.32. The topological polar surface area (TPSA) is 75.4 Å². The van der Waals surface area contributed by atoms with Crippen molar-refractivity contribution in [2.24, 2.45) is 0 Å². The fourth-order valence-electron chi connectivity index (χ4n) is 2.01. The van der Waals surface area contributed by atoms with E-state index in [9.17, 15) is 9.59 Å². The van der Waals surface area contributed by atoms with E-state index in [0.29, 0.717) is 27.5 Å². The molecule has 1 aromatic carbocycles. The Hall–Kier alpha value is -1.79. The highest BCUT2D eigenvalue weighted by Gasteiger charge is 2.23. The number of hydrogen-bond donors (Lipinski definition) is 2. The maximum Gasteiger partial charge on any atom is 0.266 e. The molecule has 2 aromatic rings. The number of nitrogens with two attached hydrogens (primary N) is 1. The summed E-state index contributed by atoms with van der Waals surface area (Å²) in [5.74, 6) is -0.473. The Bertz CT molecular complexity index is 699. The molecule has 1 heterocycles. The van der Waals surface area contributed by atoms with Crippen LogP contribution >= 0.6 is 22.9 Å². The maximum atomic E-state index is 12.6. The van der Waals surface area contributed by atoms with Crippen LogP contribution in [0, 0.1) is 0 Å². The summed E-state index contributed by atoms with van der Waals surface area (Å²) in [5.41, 5.74) is 6.45. The van der Waals surface area contributed by atoms with Crippen LogP contribution in [-0.2, 0) is 4.79 Å². The zero-order chi connectivity index (χ0) is 15.6. The number of amides is 2. The second-order valence-electron chi connectivity index (χ2n) is 4.45. The molecule has 7 heteroatoms. The second-order valence-corrected chi connectivity index (χ2v) is 5.91. The normalized spacial score (nSPS) is 10.6. The average molecular weight is 326 g/mol. The SMILES string of the molecule is CCN(CC(=O)NC)C(=O)c1sc2cccc(Cl)c2c1N. The molecular weight excluding hydrogens is 310 g/mol. The van der Waals surface area contributed by atoms with Crippen molar-refractivity contribution in [1.82, 2.24) is 10.2 Å². The number of fused-ring (bicyclic) bond motifs is 1. The number of nitrogen functional groups attached to an aromatic ring is 1. The van der Waals surface area contributed by atoms with Crippen LogP contribution < -0.4 is 11.1 Å². The number of halogens is 1. The molecule has 0 aliphatic rings. The molecule has 0 radical (unpaired) electrons. The van der Waals surface area contributed by atoms with Crippen molar-refractivity contribution < 1.29 is 9.59 Å². The molecule has 112 valence electrons. The van der Waals surface area contributed by atoms with Gasteiger partial charge in [0.2, 0.25) is 5.91 Å². The summed E-state index contributed by atoms with van der Waals surface area (Å²) >= 11 is 7.43. The molecule has 0 saturated carbocycles. The molecule has 3 N–H and O–H groups in total. The first-order chi connectivity index (χ1) is 9.99. The van der Waals surface area contributed by atoms with Crippen molar-refractivity contribution in [3.63, 3.8) is 0 Å². The molecule has 0 unspecified atom stereocenters. The number of anilines is 1. The molecule has 0 atom stereocenters. The summed E-state index contributed by atoms with van der Waals surface area (Å²) in [4.78, 5) is 25.9. The van der Waals surface area contributed by atoms with Crippen molar-refractivity contribution in [3.05, 3.63) is 28.1 Å². The number of hydrogen-bond acceptors (Lipinski definition) is 4. The van der Waals surface area contributed by atoms with Crippen molar-refractivity contribution in [1.29, 1.82) is 0 Å². The van der Waals surface area contributed by atoms with Gasteiger partial charge < -0.3 is 16.0 Å². The monoisotopic (exact) mass is 325 g/mol. The number of nitrogens with zero attached hydrogens (tertiary/aromatic N) is 1. The van der Waals surface area contributed by atoms with Crippen molar-refractivity contribution in [2.75, 3.05) is 25.9 Å². The van der Waals surface area contributed by atoms with Gasteiger partial charge in [0.15, 0.2) is 0 Å². The van der Waals surface area contributed by atoms with Gasteiger partial charge in [-0.25, -0.2) is 0 Å². The minimum Gasteiger partial charge on any atom is -0.397 e. The van der Waals surface area contributed by atoms with Gasteiger partial charge in [0.1, 0.15) is 4.88 Å². The quantitative estimate of drug-likeness (QED) is 0.906. The van der Waals surface area contributed by atoms with Crippen LogP contribution in [0.15, 0.2) is 18.2 Å². The highest BCUT2D eigenvalue weighted by molar-refractivity contribution is 7.21. The number of rotatable bonds is 4. The third-order valence-corrected chi connectivity index (χ3v) is 4.65. The van der Waals surface area contributed by atoms with Gasteiger partial charge in [-0.1, -0.05) is 17.7 Å². The number of thiophene rings is 1. The first-order valence-corrected chi connectivity index (χ1v) is 7.65. The van der Waals surface area contributed by atoms with Crippen molar-refractivity contribution in [2.45, 2.75) is 6.92 Å². The molecule has 0 bridgehead atoms. The van der Waals surface area contributed by atoms with E-state index < -0.39 is 0 Å². The lowest BCUT2D eigenvalue weighted by Gasteiger charge is -2.19. The van der Waals surface area contributed by atoms with E-state index in [1.807, 2.05) is 19.1 Å². The number of carbonyl (C=O) groups excluding carboxylic acids is 2. The molecule has 0 spiro atoms. The summed E-state index contributed by atoms with van der Waals surface area (Å²) in [6, 6.07) is 5.42. The van der Waals surface area contributed by atoms with E-state index in [2.05, 4.69) is 5.32 Å². The summed E-state index contributed by atoms with van der Waals surface area (Å²) in [6.45, 7) is 2.25. The number of carbonyl (C=O) groups is 2. The van der Waals surface area contributed by atoms with Crippen molar-refractivity contribution >= 4 is 50.5 Å². The third-order valence-electron chi connectivity index (χ3n) is 3.18. The van der Waals surface area contributed by atoms with Gasteiger partial charge in [-0.2, -0.15) is 0 Å². The highest BCUT2D eigenvalue weighted by Crippen LogP contribution is 2.38. The molecule has 1 aromatic heterocycles. The number of likely N-dealkylation sites (N-methyl/N-ethyl adjacent to an activating group) is 2. The van der Waals surface area contributed by atoms with E-state index in [-0.39, 0.29) is 18.4 Å². The van der Waals surface area contributed by atoms with Gasteiger partial charge in [0.05, 0.1) is 17.3 Å². The predicted octanol–water partition coefficient (Wildman–Crippen LogP) is 2.34. The Labute approximate surface area is 131 Å². The molecule has 2 amide bonds. The Morgan fingerprint density at radius 2 is 2.14 bits per heavy atom. The van der Waals surface area contributed by atoms with Gasteiger partial charge in [0, 0.05) is 23.7 Å². The van der Waals surface area contributed by atoms with E-state index in [4.69, 9.17) is 17.3 Å². The fourth-order valence-corrected chi connectivity index (χ4v) is 3.46. The largest absolute Gasteiger partial charge is 0.397 e. The van der Waals surface area contributed by atoms with Crippen LogP contribution in [-0.4, -0.2) is 36.9 Å². The fraction of sp³-hybridized carbons (Fsp3) is 0.286. The average Bonchev–Trinajstić information content (AvgIpc) is 2.82. The first kappa shape index (κ1) is 15.6. The summed E-state index contributed by atoms with van der Waals surface area (Å²) in [7, 11) is 1.54.